The van der Waals surface area contributed by atoms with Gasteiger partial charge in [0, 0.05) is 30.7 Å². The molecule has 144 valence electrons. The lowest BCUT2D eigenvalue weighted by atomic mass is 9.94. The van der Waals surface area contributed by atoms with E-state index >= 15 is 0 Å². The fourth-order valence-electron chi connectivity index (χ4n) is 4.25. The standard InChI is InChI=1S/C24H27N3O/c1-16-10-11-20(19(4)15-16)23-21-9-6-12-26(21)13-14-27(23)24(28)25-22-17(2)7-5-8-18(22)3/h5-12,15,23H,13-14H2,1-4H3,(H,25,28). The first-order valence-electron chi connectivity index (χ1n) is 9.81. The van der Waals surface area contributed by atoms with E-state index in [1.165, 1.54) is 16.7 Å². The van der Waals surface area contributed by atoms with Crippen LogP contribution in [0, 0.1) is 27.7 Å². The van der Waals surface area contributed by atoms with Crippen LogP contribution >= 0.6 is 0 Å². The van der Waals surface area contributed by atoms with Gasteiger partial charge in [0.15, 0.2) is 0 Å². The number of para-hydroxylation sites is 1. The van der Waals surface area contributed by atoms with E-state index in [0.29, 0.717) is 6.54 Å². The molecule has 1 aliphatic heterocycles. The van der Waals surface area contributed by atoms with E-state index < -0.39 is 0 Å². The molecule has 0 fully saturated rings. The molecule has 2 amide bonds. The van der Waals surface area contributed by atoms with Gasteiger partial charge in [0.2, 0.25) is 0 Å². The number of benzene rings is 2. The molecule has 2 heterocycles. The number of hydrogen-bond donors (Lipinski definition) is 1. The summed E-state index contributed by atoms with van der Waals surface area (Å²) in [6.07, 6.45) is 2.10. The van der Waals surface area contributed by atoms with Crippen molar-refractivity contribution in [2.75, 3.05) is 11.9 Å². The summed E-state index contributed by atoms with van der Waals surface area (Å²) in [7, 11) is 0. The minimum atomic E-state index is -0.0892. The Hall–Kier alpha value is -3.01. The van der Waals surface area contributed by atoms with Gasteiger partial charge in [0.1, 0.15) is 0 Å². The smallest absolute Gasteiger partial charge is 0.322 e. The molecule has 4 rings (SSSR count). The van der Waals surface area contributed by atoms with E-state index in [1.807, 2.05) is 36.9 Å². The molecule has 1 unspecified atom stereocenters. The van der Waals surface area contributed by atoms with Crippen molar-refractivity contribution in [1.82, 2.24) is 9.47 Å². The van der Waals surface area contributed by atoms with Crippen molar-refractivity contribution in [3.63, 3.8) is 0 Å². The molecule has 2 aromatic carbocycles. The minimum absolute atomic E-state index is 0.0465. The molecule has 28 heavy (non-hydrogen) atoms. The Morgan fingerprint density at radius 2 is 1.68 bits per heavy atom. The number of aromatic nitrogens is 1. The van der Waals surface area contributed by atoms with Gasteiger partial charge < -0.3 is 14.8 Å². The van der Waals surface area contributed by atoms with Gasteiger partial charge in [-0.2, -0.15) is 0 Å². The fraction of sp³-hybridized carbons (Fsp3) is 0.292. The molecule has 1 aliphatic rings. The lowest BCUT2D eigenvalue weighted by molar-refractivity contribution is 0.181. The van der Waals surface area contributed by atoms with Crippen LogP contribution in [0.25, 0.3) is 0 Å². The van der Waals surface area contributed by atoms with Crippen LogP contribution in [0.1, 0.15) is 39.6 Å². The molecule has 0 aliphatic carbocycles. The van der Waals surface area contributed by atoms with E-state index in [1.54, 1.807) is 0 Å². The molecule has 1 aromatic heterocycles. The van der Waals surface area contributed by atoms with Gasteiger partial charge in [-0.25, -0.2) is 4.79 Å². The van der Waals surface area contributed by atoms with E-state index in [2.05, 4.69) is 60.3 Å². The summed E-state index contributed by atoms with van der Waals surface area (Å²) < 4.78 is 2.26. The lowest BCUT2D eigenvalue weighted by Crippen LogP contribution is -2.44. The number of aryl methyl sites for hydroxylation is 4. The second-order valence-corrected chi connectivity index (χ2v) is 7.78. The molecule has 0 saturated carbocycles. The number of anilines is 1. The zero-order chi connectivity index (χ0) is 19.8. The van der Waals surface area contributed by atoms with Crippen molar-refractivity contribution in [2.24, 2.45) is 0 Å². The number of carbonyl (C=O) groups is 1. The second-order valence-electron chi connectivity index (χ2n) is 7.78. The maximum atomic E-state index is 13.4. The molecule has 4 heteroatoms. The van der Waals surface area contributed by atoms with Crippen LogP contribution in [0.2, 0.25) is 0 Å². The lowest BCUT2D eigenvalue weighted by Gasteiger charge is -2.38. The third kappa shape index (κ3) is 3.19. The number of fused-ring (bicyclic) bond motifs is 1. The first kappa shape index (κ1) is 18.4. The summed E-state index contributed by atoms with van der Waals surface area (Å²) in [5.74, 6) is 0. The number of nitrogens with zero attached hydrogens (tertiary/aromatic N) is 2. The minimum Gasteiger partial charge on any atom is -0.348 e. The van der Waals surface area contributed by atoms with Crippen LogP contribution < -0.4 is 5.32 Å². The van der Waals surface area contributed by atoms with Crippen LogP contribution in [0.3, 0.4) is 0 Å². The third-order valence-electron chi connectivity index (χ3n) is 5.73. The maximum absolute atomic E-state index is 13.4. The van der Waals surface area contributed by atoms with Crippen LogP contribution in [0.4, 0.5) is 10.5 Å². The van der Waals surface area contributed by atoms with Crippen molar-refractivity contribution in [3.05, 3.63) is 88.2 Å². The zero-order valence-corrected chi connectivity index (χ0v) is 17.0. The molecule has 0 spiro atoms. The van der Waals surface area contributed by atoms with E-state index in [9.17, 15) is 4.79 Å². The highest BCUT2D eigenvalue weighted by Crippen LogP contribution is 2.35. The number of urea groups is 1. The largest absolute Gasteiger partial charge is 0.348 e. The van der Waals surface area contributed by atoms with Crippen molar-refractivity contribution >= 4 is 11.7 Å². The van der Waals surface area contributed by atoms with E-state index in [0.717, 1.165) is 29.1 Å². The normalized spacial score (nSPS) is 16.0. The fourth-order valence-corrected chi connectivity index (χ4v) is 4.25. The number of rotatable bonds is 2. The Labute approximate surface area is 166 Å². The number of nitrogens with one attached hydrogen (secondary N) is 1. The Kier molecular flexibility index (Phi) is 4.71. The predicted molar refractivity (Wildman–Crippen MR) is 114 cm³/mol. The molecular weight excluding hydrogens is 346 g/mol. The summed E-state index contributed by atoms with van der Waals surface area (Å²) in [5, 5.41) is 3.18. The monoisotopic (exact) mass is 373 g/mol. The molecule has 0 saturated heterocycles. The third-order valence-corrected chi connectivity index (χ3v) is 5.73. The maximum Gasteiger partial charge on any atom is 0.322 e. The van der Waals surface area contributed by atoms with Gasteiger partial charge in [0.25, 0.3) is 0 Å². The molecule has 0 bridgehead atoms. The molecule has 3 aromatic rings. The van der Waals surface area contributed by atoms with E-state index in [-0.39, 0.29) is 12.1 Å². The molecule has 4 nitrogen and oxygen atoms in total. The molecule has 1 N–H and O–H groups in total. The predicted octanol–water partition coefficient (Wildman–Crippen LogP) is 5.36. The summed E-state index contributed by atoms with van der Waals surface area (Å²) in [5.41, 5.74) is 7.86. The van der Waals surface area contributed by atoms with Crippen molar-refractivity contribution in [1.29, 1.82) is 0 Å². The highest BCUT2D eigenvalue weighted by molar-refractivity contribution is 5.91. The highest BCUT2D eigenvalue weighted by Gasteiger charge is 2.33. The van der Waals surface area contributed by atoms with Gasteiger partial charge in [-0.15, -0.1) is 0 Å². The average molecular weight is 374 g/mol. The average Bonchev–Trinajstić information content (AvgIpc) is 3.13. The van der Waals surface area contributed by atoms with Gasteiger partial charge in [-0.1, -0.05) is 42.0 Å². The Morgan fingerprint density at radius 1 is 0.929 bits per heavy atom. The van der Waals surface area contributed by atoms with Crippen LogP contribution in [0.15, 0.2) is 54.7 Å². The summed E-state index contributed by atoms with van der Waals surface area (Å²) in [4.78, 5) is 15.3. The van der Waals surface area contributed by atoms with Crippen LogP contribution in [-0.4, -0.2) is 22.0 Å². The summed E-state index contributed by atoms with van der Waals surface area (Å²) in [6.45, 7) is 9.79. The summed E-state index contributed by atoms with van der Waals surface area (Å²) >= 11 is 0. The van der Waals surface area contributed by atoms with Crippen molar-refractivity contribution in [2.45, 2.75) is 40.3 Å². The number of hydrogen-bond acceptors (Lipinski definition) is 1. The van der Waals surface area contributed by atoms with Gasteiger partial charge in [-0.3, -0.25) is 0 Å². The quantitative estimate of drug-likeness (QED) is 0.645. The highest BCUT2D eigenvalue weighted by atomic mass is 16.2. The number of carbonyl (C=O) groups excluding carboxylic acids is 1. The van der Waals surface area contributed by atoms with Crippen LogP contribution in [0.5, 0.6) is 0 Å². The van der Waals surface area contributed by atoms with E-state index in [4.69, 9.17) is 0 Å². The topological polar surface area (TPSA) is 37.3 Å². The number of amides is 2. The zero-order valence-electron chi connectivity index (χ0n) is 17.0. The molecule has 1 atom stereocenters. The molecular formula is C24H27N3O. The SMILES string of the molecule is Cc1ccc(C2c3cccn3CCN2C(=O)Nc2c(C)cccc2C)c(C)c1. The Bertz CT molecular complexity index is 1010. The second kappa shape index (κ2) is 7.19. The van der Waals surface area contributed by atoms with Gasteiger partial charge in [-0.05, 0) is 62.1 Å². The van der Waals surface area contributed by atoms with Gasteiger partial charge >= 0.3 is 6.03 Å². The summed E-state index contributed by atoms with van der Waals surface area (Å²) in [6, 6.07) is 16.6. The van der Waals surface area contributed by atoms with Gasteiger partial charge in [0.05, 0.1) is 6.04 Å². The Morgan fingerprint density at radius 3 is 2.39 bits per heavy atom. The first-order valence-corrected chi connectivity index (χ1v) is 9.81. The van der Waals surface area contributed by atoms with Crippen molar-refractivity contribution in [3.8, 4) is 0 Å². The van der Waals surface area contributed by atoms with Crippen LogP contribution in [-0.2, 0) is 6.54 Å². The van der Waals surface area contributed by atoms with Crippen molar-refractivity contribution < 1.29 is 4.79 Å². The first-order chi connectivity index (χ1) is 13.5. The Balaban J connectivity index is 1.73. The molecule has 0 radical (unpaired) electrons.